The lowest BCUT2D eigenvalue weighted by Gasteiger charge is -2.20. The van der Waals surface area contributed by atoms with Crippen LogP contribution in [-0.4, -0.2) is 21.3 Å². The van der Waals surface area contributed by atoms with Crippen molar-refractivity contribution in [2.24, 2.45) is 0 Å². The van der Waals surface area contributed by atoms with Gasteiger partial charge in [0.15, 0.2) is 5.16 Å². The molecule has 3 aromatic carbocycles. The third-order valence-electron chi connectivity index (χ3n) is 4.94. The Morgan fingerprint density at radius 3 is 2.06 bits per heavy atom. The zero-order valence-corrected chi connectivity index (χ0v) is 17.4. The Labute approximate surface area is 182 Å². The van der Waals surface area contributed by atoms with Crippen molar-refractivity contribution in [2.75, 3.05) is 6.61 Å². The van der Waals surface area contributed by atoms with E-state index in [1.165, 1.54) is 36.0 Å². The Hall–Kier alpha value is -3.03. The highest BCUT2D eigenvalue weighted by Crippen LogP contribution is 2.40. The summed E-state index contributed by atoms with van der Waals surface area (Å²) in [5.41, 5.74) is 1.99. The summed E-state index contributed by atoms with van der Waals surface area (Å²) in [4.78, 5) is 17.8. The predicted octanol–water partition coefficient (Wildman–Crippen LogP) is 4.94. The van der Waals surface area contributed by atoms with Gasteiger partial charge in [-0.15, -0.1) is 0 Å². The SMILES string of the molecule is O=c1c2ccccc2nc(SC(c2ccc(F)cc2)c2ccc(F)cc2)n1CCCO. The van der Waals surface area contributed by atoms with E-state index in [1.807, 2.05) is 6.07 Å². The molecule has 4 aromatic rings. The molecule has 1 heterocycles. The third kappa shape index (κ3) is 4.68. The number of halogens is 2. The molecule has 0 aliphatic rings. The molecule has 0 atom stereocenters. The van der Waals surface area contributed by atoms with Crippen LogP contribution in [0, 0.1) is 11.6 Å². The second-order valence-electron chi connectivity index (χ2n) is 7.05. The van der Waals surface area contributed by atoms with Gasteiger partial charge in [0.1, 0.15) is 11.6 Å². The van der Waals surface area contributed by atoms with Gasteiger partial charge in [0.25, 0.3) is 5.56 Å². The maximum atomic E-state index is 13.5. The van der Waals surface area contributed by atoms with Crippen molar-refractivity contribution in [2.45, 2.75) is 23.4 Å². The molecule has 0 fully saturated rings. The van der Waals surface area contributed by atoms with Crippen molar-refractivity contribution in [3.8, 4) is 0 Å². The van der Waals surface area contributed by atoms with Crippen LogP contribution >= 0.6 is 11.8 Å². The number of benzene rings is 3. The molecule has 4 nitrogen and oxygen atoms in total. The van der Waals surface area contributed by atoms with Crippen molar-refractivity contribution in [3.63, 3.8) is 0 Å². The molecule has 1 aromatic heterocycles. The smallest absolute Gasteiger partial charge is 0.262 e. The first-order valence-corrected chi connectivity index (χ1v) is 10.7. The first-order valence-electron chi connectivity index (χ1n) is 9.85. The summed E-state index contributed by atoms with van der Waals surface area (Å²) < 4.78 is 28.6. The molecule has 0 spiro atoms. The minimum Gasteiger partial charge on any atom is -0.396 e. The molecule has 0 aliphatic heterocycles. The van der Waals surface area contributed by atoms with Crippen molar-refractivity contribution in [1.82, 2.24) is 9.55 Å². The van der Waals surface area contributed by atoms with Crippen molar-refractivity contribution in [3.05, 3.63) is 106 Å². The van der Waals surface area contributed by atoms with Gasteiger partial charge in [-0.05, 0) is 53.9 Å². The Morgan fingerprint density at radius 1 is 0.903 bits per heavy atom. The average molecular weight is 438 g/mol. The van der Waals surface area contributed by atoms with E-state index in [0.717, 1.165) is 11.1 Å². The first-order chi connectivity index (χ1) is 15.1. The Bertz CT molecular complexity index is 1200. The fourth-order valence-corrected chi connectivity index (χ4v) is 4.62. The molecule has 0 saturated carbocycles. The van der Waals surface area contributed by atoms with Crippen LogP contribution in [0.4, 0.5) is 8.78 Å². The van der Waals surface area contributed by atoms with E-state index in [-0.39, 0.29) is 29.1 Å². The van der Waals surface area contributed by atoms with Crippen LogP contribution in [0.1, 0.15) is 22.8 Å². The van der Waals surface area contributed by atoms with Gasteiger partial charge in [-0.25, -0.2) is 13.8 Å². The number of hydrogen-bond acceptors (Lipinski definition) is 4. The quantitative estimate of drug-likeness (QED) is 0.328. The van der Waals surface area contributed by atoms with E-state index in [4.69, 9.17) is 4.98 Å². The molecule has 0 unspecified atom stereocenters. The summed E-state index contributed by atoms with van der Waals surface area (Å²) in [6.45, 7) is 0.262. The van der Waals surface area contributed by atoms with E-state index < -0.39 is 0 Å². The molecule has 0 bridgehead atoms. The van der Waals surface area contributed by atoms with E-state index in [2.05, 4.69) is 0 Å². The zero-order valence-electron chi connectivity index (χ0n) is 16.5. The van der Waals surface area contributed by atoms with Crippen LogP contribution in [0.5, 0.6) is 0 Å². The molecule has 0 saturated heterocycles. The lowest BCUT2D eigenvalue weighted by molar-refractivity contribution is 0.276. The predicted molar refractivity (Wildman–Crippen MR) is 118 cm³/mol. The fraction of sp³-hybridized carbons (Fsp3) is 0.167. The molecule has 1 N–H and O–H groups in total. The number of rotatable bonds is 7. The van der Waals surface area contributed by atoms with Gasteiger partial charge in [-0.3, -0.25) is 9.36 Å². The van der Waals surface area contributed by atoms with Crippen molar-refractivity contribution < 1.29 is 13.9 Å². The standard InChI is InChI=1S/C24H20F2N2O2S/c25-18-10-6-16(7-11-18)22(17-8-12-19(26)13-9-17)31-24-27-21-5-2-1-4-20(21)23(30)28(24)14-3-15-29/h1-2,4-13,22,29H,3,14-15H2. The molecule has 4 rings (SSSR count). The molecule has 0 radical (unpaired) electrons. The van der Waals surface area contributed by atoms with Crippen LogP contribution in [-0.2, 0) is 6.54 Å². The van der Waals surface area contributed by atoms with Crippen LogP contribution < -0.4 is 5.56 Å². The lowest BCUT2D eigenvalue weighted by atomic mass is 10.0. The number of fused-ring (bicyclic) bond motifs is 1. The second-order valence-corrected chi connectivity index (χ2v) is 8.12. The molecular formula is C24H20F2N2O2S. The highest BCUT2D eigenvalue weighted by Gasteiger charge is 2.21. The zero-order chi connectivity index (χ0) is 21.8. The summed E-state index contributed by atoms with van der Waals surface area (Å²) in [5, 5.41) is 9.95. The van der Waals surface area contributed by atoms with Gasteiger partial charge < -0.3 is 5.11 Å². The first kappa shape index (κ1) is 21.2. The summed E-state index contributed by atoms with van der Waals surface area (Å²) >= 11 is 1.34. The minimum atomic E-state index is -0.352. The average Bonchev–Trinajstić information content (AvgIpc) is 2.79. The number of thioether (sulfide) groups is 1. The maximum absolute atomic E-state index is 13.5. The molecule has 0 aliphatic carbocycles. The number of para-hydroxylation sites is 1. The maximum Gasteiger partial charge on any atom is 0.262 e. The Kier molecular flexibility index (Phi) is 6.44. The van der Waals surface area contributed by atoms with E-state index in [9.17, 15) is 18.7 Å². The number of nitrogens with zero attached hydrogens (tertiary/aromatic N) is 2. The Balaban J connectivity index is 1.84. The Morgan fingerprint density at radius 2 is 1.48 bits per heavy atom. The van der Waals surface area contributed by atoms with Gasteiger partial charge in [-0.2, -0.15) is 0 Å². The summed E-state index contributed by atoms with van der Waals surface area (Å²) in [7, 11) is 0. The van der Waals surface area contributed by atoms with Crippen molar-refractivity contribution >= 4 is 22.7 Å². The largest absolute Gasteiger partial charge is 0.396 e. The molecule has 31 heavy (non-hydrogen) atoms. The molecule has 0 amide bonds. The third-order valence-corrected chi connectivity index (χ3v) is 6.24. The number of hydrogen-bond donors (Lipinski definition) is 1. The van der Waals surface area contributed by atoms with Gasteiger partial charge in [0, 0.05) is 13.2 Å². The molecule has 158 valence electrons. The molecule has 7 heteroatoms. The second kappa shape index (κ2) is 9.41. The van der Waals surface area contributed by atoms with E-state index >= 15 is 0 Å². The number of aromatic nitrogens is 2. The van der Waals surface area contributed by atoms with Crippen LogP contribution in [0.3, 0.4) is 0 Å². The van der Waals surface area contributed by atoms with Crippen LogP contribution in [0.25, 0.3) is 10.9 Å². The van der Waals surface area contributed by atoms with E-state index in [1.54, 1.807) is 47.0 Å². The summed E-state index contributed by atoms with van der Waals surface area (Å²) in [6, 6.07) is 19.3. The van der Waals surface area contributed by atoms with Gasteiger partial charge >= 0.3 is 0 Å². The highest BCUT2D eigenvalue weighted by atomic mass is 32.2. The number of aliphatic hydroxyl groups excluding tert-OH is 1. The number of aliphatic hydroxyl groups is 1. The fourth-order valence-electron chi connectivity index (χ4n) is 3.37. The highest BCUT2D eigenvalue weighted by molar-refractivity contribution is 7.99. The normalized spacial score (nSPS) is 11.4. The minimum absolute atomic E-state index is 0.0529. The van der Waals surface area contributed by atoms with Crippen LogP contribution in [0.2, 0.25) is 0 Å². The lowest BCUT2D eigenvalue weighted by Crippen LogP contribution is -2.24. The van der Waals surface area contributed by atoms with Gasteiger partial charge in [0.2, 0.25) is 0 Å². The molecular weight excluding hydrogens is 418 g/mol. The van der Waals surface area contributed by atoms with Gasteiger partial charge in [0.05, 0.1) is 16.2 Å². The topological polar surface area (TPSA) is 55.1 Å². The summed E-state index contributed by atoms with van der Waals surface area (Å²) in [5.74, 6) is -0.703. The van der Waals surface area contributed by atoms with E-state index in [0.29, 0.717) is 29.0 Å². The monoisotopic (exact) mass is 438 g/mol. The van der Waals surface area contributed by atoms with Crippen LogP contribution in [0.15, 0.2) is 82.7 Å². The van der Waals surface area contributed by atoms with Gasteiger partial charge in [-0.1, -0.05) is 48.2 Å². The summed E-state index contributed by atoms with van der Waals surface area (Å²) in [6.07, 6.45) is 0.408. The van der Waals surface area contributed by atoms with Crippen molar-refractivity contribution in [1.29, 1.82) is 0 Å².